The van der Waals surface area contributed by atoms with E-state index < -0.39 is 8.80 Å². The largest absolute Gasteiger partial charge is 0.382 e. The standard InChI is InChI=1S/C6H16OSi/c1-6(2)7-5-8(3)4/h6,8H,5H2,1-4H3. The van der Waals surface area contributed by atoms with Crippen LogP contribution < -0.4 is 0 Å². The summed E-state index contributed by atoms with van der Waals surface area (Å²) in [5.74, 6) is 0. The maximum absolute atomic E-state index is 5.36. The fraction of sp³-hybridized carbons (Fsp3) is 1.00. The van der Waals surface area contributed by atoms with Gasteiger partial charge in [0, 0.05) is 6.23 Å². The van der Waals surface area contributed by atoms with Crippen molar-refractivity contribution < 1.29 is 4.74 Å². The highest BCUT2D eigenvalue weighted by Crippen LogP contribution is 1.88. The zero-order valence-electron chi connectivity index (χ0n) is 6.27. The van der Waals surface area contributed by atoms with Crippen LogP contribution in [-0.4, -0.2) is 21.1 Å². The molecule has 1 nitrogen and oxygen atoms in total. The lowest BCUT2D eigenvalue weighted by molar-refractivity contribution is 0.114. The normalized spacial score (nSPS) is 11.2. The van der Waals surface area contributed by atoms with Gasteiger partial charge >= 0.3 is 0 Å². The van der Waals surface area contributed by atoms with Crippen LogP contribution in [0.4, 0.5) is 0 Å². The lowest BCUT2D eigenvalue weighted by Crippen LogP contribution is -2.15. The van der Waals surface area contributed by atoms with E-state index in [0.29, 0.717) is 6.10 Å². The van der Waals surface area contributed by atoms with Crippen LogP contribution in [0.25, 0.3) is 0 Å². The Kier molecular flexibility index (Phi) is 4.19. The molecule has 0 spiro atoms. The minimum Gasteiger partial charge on any atom is -0.382 e. The SMILES string of the molecule is CC(C)OC[SiH](C)C. The zero-order valence-corrected chi connectivity index (χ0v) is 7.42. The van der Waals surface area contributed by atoms with E-state index in [4.69, 9.17) is 4.74 Å². The lowest BCUT2D eigenvalue weighted by atomic mass is 10.5. The van der Waals surface area contributed by atoms with Crippen LogP contribution >= 0.6 is 0 Å². The molecule has 0 rings (SSSR count). The van der Waals surface area contributed by atoms with Crippen LogP contribution in [0.1, 0.15) is 13.8 Å². The first-order valence-corrected chi connectivity index (χ1v) is 6.37. The van der Waals surface area contributed by atoms with Crippen LogP contribution in [-0.2, 0) is 4.74 Å². The van der Waals surface area contributed by atoms with E-state index in [1.807, 2.05) is 0 Å². The van der Waals surface area contributed by atoms with Gasteiger partial charge in [0.05, 0.1) is 14.9 Å². The van der Waals surface area contributed by atoms with E-state index in [9.17, 15) is 0 Å². The fourth-order valence-electron chi connectivity index (χ4n) is 0.385. The van der Waals surface area contributed by atoms with E-state index in [1.165, 1.54) is 0 Å². The molecule has 8 heavy (non-hydrogen) atoms. The van der Waals surface area contributed by atoms with Gasteiger partial charge < -0.3 is 4.74 Å². The summed E-state index contributed by atoms with van der Waals surface area (Å²) >= 11 is 0. The first-order valence-electron chi connectivity index (χ1n) is 3.24. The molecule has 50 valence electrons. The summed E-state index contributed by atoms with van der Waals surface area (Å²) in [6, 6.07) is 0. The zero-order chi connectivity index (χ0) is 6.57. The van der Waals surface area contributed by atoms with Crippen molar-refractivity contribution in [1.82, 2.24) is 0 Å². The molecule has 0 amide bonds. The third-order valence-corrected chi connectivity index (χ3v) is 1.62. The molecule has 0 saturated carbocycles. The van der Waals surface area contributed by atoms with Gasteiger partial charge in [0.15, 0.2) is 0 Å². The molecule has 0 radical (unpaired) electrons. The molecule has 0 saturated heterocycles. The minimum absolute atomic E-state index is 0.421. The quantitative estimate of drug-likeness (QED) is 0.528. The monoisotopic (exact) mass is 132 g/mol. The van der Waals surface area contributed by atoms with Crippen LogP contribution in [0.15, 0.2) is 0 Å². The van der Waals surface area contributed by atoms with Crippen LogP contribution in [0, 0.1) is 0 Å². The van der Waals surface area contributed by atoms with Crippen LogP contribution in [0.2, 0.25) is 13.1 Å². The molecule has 0 bridgehead atoms. The molecule has 0 heterocycles. The third-order valence-electron chi connectivity index (χ3n) is 0.763. The number of ether oxygens (including phenoxy) is 1. The van der Waals surface area contributed by atoms with Crippen molar-refractivity contribution in [3.8, 4) is 0 Å². The van der Waals surface area contributed by atoms with Gasteiger partial charge in [-0.15, -0.1) is 0 Å². The van der Waals surface area contributed by atoms with Crippen molar-refractivity contribution in [3.05, 3.63) is 0 Å². The van der Waals surface area contributed by atoms with E-state index in [2.05, 4.69) is 26.9 Å². The molecular formula is C6H16OSi. The maximum Gasteiger partial charge on any atom is 0.0616 e. The van der Waals surface area contributed by atoms with E-state index >= 15 is 0 Å². The van der Waals surface area contributed by atoms with E-state index in [0.717, 1.165) is 6.23 Å². The fourth-order valence-corrected chi connectivity index (χ4v) is 1.15. The average molecular weight is 132 g/mol. The van der Waals surface area contributed by atoms with Gasteiger partial charge in [-0.1, -0.05) is 13.1 Å². The Morgan fingerprint density at radius 2 is 1.88 bits per heavy atom. The molecule has 0 unspecified atom stereocenters. The predicted octanol–water partition coefficient (Wildman–Crippen LogP) is 1.44. The summed E-state index contributed by atoms with van der Waals surface area (Å²) < 4.78 is 5.36. The lowest BCUT2D eigenvalue weighted by Gasteiger charge is -2.07. The molecule has 0 aromatic rings. The molecule has 0 aliphatic carbocycles. The molecule has 0 aliphatic heterocycles. The van der Waals surface area contributed by atoms with Gasteiger partial charge in [0.1, 0.15) is 0 Å². The summed E-state index contributed by atoms with van der Waals surface area (Å²) in [5.41, 5.74) is 0. The topological polar surface area (TPSA) is 9.23 Å². The molecule has 0 N–H and O–H groups in total. The van der Waals surface area contributed by atoms with Crippen molar-refractivity contribution in [2.45, 2.75) is 33.0 Å². The van der Waals surface area contributed by atoms with Crippen molar-refractivity contribution in [2.75, 3.05) is 6.23 Å². The first kappa shape index (κ1) is 8.18. The molecule has 0 aromatic carbocycles. The minimum atomic E-state index is -0.449. The van der Waals surface area contributed by atoms with Crippen molar-refractivity contribution in [2.24, 2.45) is 0 Å². The summed E-state index contributed by atoms with van der Waals surface area (Å²) in [6.45, 7) is 8.75. The highest BCUT2D eigenvalue weighted by atomic mass is 28.3. The third kappa shape index (κ3) is 6.18. The number of rotatable bonds is 3. The smallest absolute Gasteiger partial charge is 0.0616 e. The second-order valence-corrected chi connectivity index (χ2v) is 5.90. The Morgan fingerprint density at radius 3 is 2.00 bits per heavy atom. The summed E-state index contributed by atoms with van der Waals surface area (Å²) in [7, 11) is -0.449. The molecular weight excluding hydrogens is 116 g/mol. The van der Waals surface area contributed by atoms with Gasteiger partial charge in [-0.3, -0.25) is 0 Å². The van der Waals surface area contributed by atoms with Crippen molar-refractivity contribution >= 4 is 8.80 Å². The Hall–Kier alpha value is 0.177. The summed E-state index contributed by atoms with van der Waals surface area (Å²) in [6.07, 6.45) is 1.45. The second-order valence-electron chi connectivity index (χ2n) is 2.78. The Balaban J connectivity index is 2.93. The van der Waals surface area contributed by atoms with Gasteiger partial charge in [-0.2, -0.15) is 0 Å². The Bertz CT molecular complexity index is 44.5. The summed E-state index contributed by atoms with van der Waals surface area (Å²) in [4.78, 5) is 0. The Labute approximate surface area is 53.7 Å². The van der Waals surface area contributed by atoms with Gasteiger partial charge in [-0.05, 0) is 13.8 Å². The van der Waals surface area contributed by atoms with E-state index in [-0.39, 0.29) is 0 Å². The molecule has 0 aromatic heterocycles. The first-order chi connectivity index (χ1) is 3.63. The van der Waals surface area contributed by atoms with Crippen LogP contribution in [0.5, 0.6) is 0 Å². The molecule has 0 aliphatic rings. The number of hydrogen-bond donors (Lipinski definition) is 0. The van der Waals surface area contributed by atoms with Crippen LogP contribution in [0.3, 0.4) is 0 Å². The van der Waals surface area contributed by atoms with E-state index in [1.54, 1.807) is 0 Å². The maximum atomic E-state index is 5.36. The molecule has 2 heteroatoms. The van der Waals surface area contributed by atoms with Gasteiger partial charge in [-0.25, -0.2) is 0 Å². The molecule has 0 fully saturated rings. The number of hydrogen-bond acceptors (Lipinski definition) is 1. The Morgan fingerprint density at radius 1 is 1.38 bits per heavy atom. The summed E-state index contributed by atoms with van der Waals surface area (Å²) in [5, 5.41) is 0. The highest BCUT2D eigenvalue weighted by Gasteiger charge is 1.96. The highest BCUT2D eigenvalue weighted by molar-refractivity contribution is 6.55. The van der Waals surface area contributed by atoms with Gasteiger partial charge in [0.25, 0.3) is 0 Å². The van der Waals surface area contributed by atoms with Crippen molar-refractivity contribution in [1.29, 1.82) is 0 Å². The molecule has 0 atom stereocenters. The van der Waals surface area contributed by atoms with Gasteiger partial charge in [0.2, 0.25) is 0 Å². The second kappa shape index (κ2) is 4.10. The predicted molar refractivity (Wildman–Crippen MR) is 40.0 cm³/mol. The van der Waals surface area contributed by atoms with Crippen molar-refractivity contribution in [3.63, 3.8) is 0 Å². The average Bonchev–Trinajstić information content (AvgIpc) is 1.61.